The number of anilines is 1. The van der Waals surface area contributed by atoms with Crippen LogP contribution < -0.4 is 5.73 Å². The van der Waals surface area contributed by atoms with Crippen LogP contribution in [0.2, 0.25) is 0 Å². The number of aromatic nitrogens is 1. The minimum atomic E-state index is -0.0372. The Morgan fingerprint density at radius 2 is 1.81 bits per heavy atom. The molecule has 1 aromatic heterocycles. The normalized spacial score (nSPS) is 15.1. The van der Waals surface area contributed by atoms with Crippen molar-refractivity contribution in [1.29, 1.82) is 0 Å². The highest BCUT2D eigenvalue weighted by Crippen LogP contribution is 2.07. The van der Waals surface area contributed by atoms with E-state index in [4.69, 9.17) is 10.5 Å². The molecule has 1 aromatic rings. The van der Waals surface area contributed by atoms with Gasteiger partial charge in [-0.05, 0) is 12.1 Å². The van der Waals surface area contributed by atoms with Gasteiger partial charge in [-0.1, -0.05) is 0 Å². The van der Waals surface area contributed by atoms with E-state index in [0.29, 0.717) is 37.6 Å². The zero-order valence-electron chi connectivity index (χ0n) is 12.1. The van der Waals surface area contributed by atoms with Crippen LogP contribution >= 0.6 is 0 Å². The van der Waals surface area contributed by atoms with Crippen molar-refractivity contribution in [3.05, 3.63) is 24.0 Å². The van der Waals surface area contributed by atoms with E-state index in [1.807, 2.05) is 0 Å². The van der Waals surface area contributed by atoms with E-state index in [9.17, 15) is 9.59 Å². The number of nitrogen functional groups attached to an aromatic ring is 1. The lowest BCUT2D eigenvalue weighted by molar-refractivity contribution is -0.141. The van der Waals surface area contributed by atoms with E-state index in [1.165, 1.54) is 7.11 Å². The number of hydrogen-bond acceptors (Lipinski definition) is 5. The molecule has 0 bridgehead atoms. The van der Waals surface area contributed by atoms with Gasteiger partial charge in [0.1, 0.15) is 6.61 Å². The third-order valence-electron chi connectivity index (χ3n) is 3.43. The molecule has 114 valence electrons. The highest BCUT2D eigenvalue weighted by atomic mass is 16.5. The van der Waals surface area contributed by atoms with Crippen molar-refractivity contribution in [2.45, 2.75) is 6.42 Å². The molecule has 2 amide bonds. The van der Waals surface area contributed by atoms with Crippen molar-refractivity contribution in [3.63, 3.8) is 0 Å². The number of carbonyl (C=O) groups is 2. The van der Waals surface area contributed by atoms with Gasteiger partial charge in [0.15, 0.2) is 0 Å². The summed E-state index contributed by atoms with van der Waals surface area (Å²) in [6, 6.07) is 3.49. The van der Waals surface area contributed by atoms with Crippen LogP contribution in [-0.4, -0.2) is 66.5 Å². The highest BCUT2D eigenvalue weighted by Gasteiger charge is 2.24. The smallest absolute Gasteiger partial charge is 0.248 e. The minimum absolute atomic E-state index is 0.0195. The quantitative estimate of drug-likeness (QED) is 0.810. The van der Waals surface area contributed by atoms with Gasteiger partial charge >= 0.3 is 0 Å². The molecule has 7 heteroatoms. The molecule has 21 heavy (non-hydrogen) atoms. The Balaban J connectivity index is 1.83. The molecule has 0 atom stereocenters. The standard InChI is InChI=1S/C14H20N4O3/c1-21-10-14(20)18-6-4-17(5-7-18)13(19)8-12-3-2-11(15)9-16-12/h2-3,9H,4-8,10,15H2,1H3. The number of amides is 2. The van der Waals surface area contributed by atoms with Crippen LogP contribution in [0.25, 0.3) is 0 Å². The average molecular weight is 292 g/mol. The fourth-order valence-corrected chi connectivity index (χ4v) is 2.23. The zero-order chi connectivity index (χ0) is 15.2. The van der Waals surface area contributed by atoms with E-state index < -0.39 is 0 Å². The van der Waals surface area contributed by atoms with Crippen molar-refractivity contribution < 1.29 is 14.3 Å². The van der Waals surface area contributed by atoms with Crippen LogP contribution in [0.1, 0.15) is 5.69 Å². The first kappa shape index (κ1) is 15.2. The first-order valence-electron chi connectivity index (χ1n) is 6.85. The maximum Gasteiger partial charge on any atom is 0.248 e. The summed E-state index contributed by atoms with van der Waals surface area (Å²) >= 11 is 0. The molecule has 2 rings (SSSR count). The molecule has 2 heterocycles. The van der Waals surface area contributed by atoms with Crippen LogP contribution in [0.3, 0.4) is 0 Å². The molecule has 1 aliphatic heterocycles. The lowest BCUT2D eigenvalue weighted by atomic mass is 10.2. The van der Waals surface area contributed by atoms with Gasteiger partial charge in [-0.3, -0.25) is 14.6 Å². The largest absolute Gasteiger partial charge is 0.397 e. The minimum Gasteiger partial charge on any atom is -0.397 e. The van der Waals surface area contributed by atoms with Gasteiger partial charge in [0, 0.05) is 39.0 Å². The molecule has 0 aliphatic carbocycles. The van der Waals surface area contributed by atoms with Crippen molar-refractivity contribution in [1.82, 2.24) is 14.8 Å². The van der Waals surface area contributed by atoms with Crippen molar-refractivity contribution >= 4 is 17.5 Å². The predicted octanol–water partition coefficient (Wildman–Crippen LogP) is -0.476. The van der Waals surface area contributed by atoms with E-state index >= 15 is 0 Å². The van der Waals surface area contributed by atoms with Crippen LogP contribution in [0.15, 0.2) is 18.3 Å². The third-order valence-corrected chi connectivity index (χ3v) is 3.43. The van der Waals surface area contributed by atoms with Crippen LogP contribution in [-0.2, 0) is 20.7 Å². The second kappa shape index (κ2) is 7.03. The summed E-state index contributed by atoms with van der Waals surface area (Å²) in [4.78, 5) is 31.5. The number of carbonyl (C=O) groups excluding carboxylic acids is 2. The summed E-state index contributed by atoms with van der Waals surface area (Å²) in [6.45, 7) is 2.27. The van der Waals surface area contributed by atoms with Gasteiger partial charge < -0.3 is 20.3 Å². The van der Waals surface area contributed by atoms with Crippen molar-refractivity contribution in [2.24, 2.45) is 0 Å². The lowest BCUT2D eigenvalue weighted by Gasteiger charge is -2.34. The average Bonchev–Trinajstić information content (AvgIpc) is 2.50. The molecule has 0 saturated carbocycles. The zero-order valence-corrected chi connectivity index (χ0v) is 12.1. The Kier molecular flexibility index (Phi) is 5.10. The first-order chi connectivity index (χ1) is 10.1. The molecular weight excluding hydrogens is 272 g/mol. The molecule has 0 aromatic carbocycles. The molecule has 2 N–H and O–H groups in total. The summed E-state index contributed by atoms with van der Waals surface area (Å²) in [6.07, 6.45) is 1.80. The molecule has 1 fully saturated rings. The summed E-state index contributed by atoms with van der Waals surface area (Å²) in [5, 5.41) is 0. The van der Waals surface area contributed by atoms with Gasteiger partial charge in [-0.25, -0.2) is 0 Å². The van der Waals surface area contributed by atoms with Gasteiger partial charge in [0.25, 0.3) is 0 Å². The maximum absolute atomic E-state index is 12.2. The summed E-state index contributed by atoms with van der Waals surface area (Å²) in [7, 11) is 1.50. The second-order valence-corrected chi connectivity index (χ2v) is 4.95. The number of nitrogens with two attached hydrogens (primary N) is 1. The van der Waals surface area contributed by atoms with E-state index in [1.54, 1.807) is 28.1 Å². The maximum atomic E-state index is 12.2. The van der Waals surface area contributed by atoms with E-state index in [-0.39, 0.29) is 24.8 Å². The van der Waals surface area contributed by atoms with E-state index in [2.05, 4.69) is 4.98 Å². The number of pyridine rings is 1. The monoisotopic (exact) mass is 292 g/mol. The second-order valence-electron chi connectivity index (χ2n) is 4.95. The molecule has 0 spiro atoms. The third kappa shape index (κ3) is 4.16. The predicted molar refractivity (Wildman–Crippen MR) is 77.4 cm³/mol. The van der Waals surface area contributed by atoms with Crippen LogP contribution in [0.4, 0.5) is 5.69 Å². The Morgan fingerprint density at radius 3 is 2.33 bits per heavy atom. The topological polar surface area (TPSA) is 88.8 Å². The number of methoxy groups -OCH3 is 1. The number of hydrogen-bond donors (Lipinski definition) is 1. The van der Waals surface area contributed by atoms with Gasteiger partial charge in [-0.15, -0.1) is 0 Å². The molecule has 0 unspecified atom stereocenters. The summed E-state index contributed by atoms with van der Waals surface area (Å²) in [5.41, 5.74) is 6.84. The number of piperazine rings is 1. The van der Waals surface area contributed by atoms with Gasteiger partial charge in [0.2, 0.25) is 11.8 Å². The van der Waals surface area contributed by atoms with Gasteiger partial charge in [-0.2, -0.15) is 0 Å². The SMILES string of the molecule is COCC(=O)N1CCN(C(=O)Cc2ccc(N)cn2)CC1. The van der Waals surface area contributed by atoms with Crippen molar-refractivity contribution in [2.75, 3.05) is 45.6 Å². The molecule has 1 saturated heterocycles. The van der Waals surface area contributed by atoms with Gasteiger partial charge in [0.05, 0.1) is 18.3 Å². The Hall–Kier alpha value is -2.15. The van der Waals surface area contributed by atoms with Crippen LogP contribution in [0, 0.1) is 0 Å². The Morgan fingerprint density at radius 1 is 1.19 bits per heavy atom. The highest BCUT2D eigenvalue weighted by molar-refractivity contribution is 5.80. The molecule has 7 nitrogen and oxygen atoms in total. The number of nitrogens with zero attached hydrogens (tertiary/aromatic N) is 3. The summed E-state index contributed by atoms with van der Waals surface area (Å²) in [5.74, 6) is -0.0177. The first-order valence-corrected chi connectivity index (χ1v) is 6.85. The molecular formula is C14H20N4O3. The Labute approximate surface area is 123 Å². The Bertz CT molecular complexity index is 495. The fourth-order valence-electron chi connectivity index (χ4n) is 2.23. The van der Waals surface area contributed by atoms with E-state index in [0.717, 1.165) is 0 Å². The fraction of sp³-hybridized carbons (Fsp3) is 0.500. The molecule has 0 radical (unpaired) electrons. The number of rotatable bonds is 4. The van der Waals surface area contributed by atoms with Crippen LogP contribution in [0.5, 0.6) is 0 Å². The number of ether oxygens (including phenoxy) is 1. The molecule has 1 aliphatic rings. The summed E-state index contributed by atoms with van der Waals surface area (Å²) < 4.78 is 4.83. The van der Waals surface area contributed by atoms with Crippen molar-refractivity contribution in [3.8, 4) is 0 Å². The lowest BCUT2D eigenvalue weighted by Crippen LogP contribution is -2.51.